The lowest BCUT2D eigenvalue weighted by Gasteiger charge is -2.05. The minimum Gasteiger partial charge on any atom is -0.497 e. The van der Waals surface area contributed by atoms with Gasteiger partial charge in [0.15, 0.2) is 5.78 Å². The molecule has 0 N–H and O–H groups in total. The molecule has 0 bridgehead atoms. The van der Waals surface area contributed by atoms with Gasteiger partial charge in [-0.25, -0.2) is 4.79 Å². The van der Waals surface area contributed by atoms with E-state index in [1.807, 2.05) is 0 Å². The molecule has 4 heteroatoms. The van der Waals surface area contributed by atoms with Gasteiger partial charge < -0.3 is 9.47 Å². The summed E-state index contributed by atoms with van der Waals surface area (Å²) in [4.78, 5) is 22.7. The van der Waals surface area contributed by atoms with Gasteiger partial charge >= 0.3 is 5.97 Å². The largest absolute Gasteiger partial charge is 0.497 e. The fourth-order valence-electron chi connectivity index (χ4n) is 1.63. The average molecular weight is 206 g/mol. The second-order valence-corrected chi connectivity index (χ2v) is 3.33. The quantitative estimate of drug-likeness (QED) is 0.544. The standard InChI is InChI=1S/C11H10O4/c1-6(12)8-3-7(14-2)4-9-10(8)5-15-11(9)13/h3-4H,5H2,1-2H3. The molecule has 78 valence electrons. The molecule has 1 aliphatic rings. The Morgan fingerprint density at radius 1 is 1.47 bits per heavy atom. The fourth-order valence-corrected chi connectivity index (χ4v) is 1.63. The summed E-state index contributed by atoms with van der Waals surface area (Å²) >= 11 is 0. The zero-order valence-corrected chi connectivity index (χ0v) is 8.49. The van der Waals surface area contributed by atoms with Crippen LogP contribution in [0.2, 0.25) is 0 Å². The van der Waals surface area contributed by atoms with Crippen LogP contribution in [0.3, 0.4) is 0 Å². The van der Waals surface area contributed by atoms with E-state index in [4.69, 9.17) is 9.47 Å². The zero-order chi connectivity index (χ0) is 11.0. The zero-order valence-electron chi connectivity index (χ0n) is 8.49. The van der Waals surface area contributed by atoms with E-state index < -0.39 is 5.97 Å². The number of ketones is 1. The molecule has 0 fully saturated rings. The number of cyclic esters (lactones) is 1. The number of methoxy groups -OCH3 is 1. The van der Waals surface area contributed by atoms with Crippen molar-refractivity contribution in [3.63, 3.8) is 0 Å². The van der Waals surface area contributed by atoms with Gasteiger partial charge in [-0.3, -0.25) is 4.79 Å². The predicted octanol–water partition coefficient (Wildman–Crippen LogP) is 1.57. The maximum atomic E-state index is 11.4. The van der Waals surface area contributed by atoms with Crippen molar-refractivity contribution in [2.75, 3.05) is 7.11 Å². The molecule has 0 amide bonds. The summed E-state index contributed by atoms with van der Waals surface area (Å²) in [6, 6.07) is 3.22. The Kier molecular flexibility index (Phi) is 2.19. The van der Waals surface area contributed by atoms with Crippen LogP contribution in [-0.2, 0) is 11.3 Å². The molecule has 4 nitrogen and oxygen atoms in total. The molecule has 2 rings (SSSR count). The summed E-state index contributed by atoms with van der Waals surface area (Å²) < 4.78 is 9.89. The molecular weight excluding hydrogens is 196 g/mol. The Morgan fingerprint density at radius 3 is 2.80 bits per heavy atom. The van der Waals surface area contributed by atoms with Crippen LogP contribution < -0.4 is 4.74 Å². The number of Topliss-reactive ketones (excluding diaryl/α,β-unsaturated/α-hetero) is 1. The summed E-state index contributed by atoms with van der Waals surface area (Å²) in [5.74, 6) is 0.00708. The summed E-state index contributed by atoms with van der Waals surface area (Å²) in [7, 11) is 1.49. The monoisotopic (exact) mass is 206 g/mol. The number of carbonyl (C=O) groups excluding carboxylic acids is 2. The number of carbonyl (C=O) groups is 2. The number of rotatable bonds is 2. The highest BCUT2D eigenvalue weighted by molar-refractivity contribution is 6.02. The van der Waals surface area contributed by atoms with E-state index in [1.165, 1.54) is 14.0 Å². The molecule has 0 aromatic heterocycles. The van der Waals surface area contributed by atoms with E-state index in [1.54, 1.807) is 12.1 Å². The van der Waals surface area contributed by atoms with Crippen molar-refractivity contribution in [3.05, 3.63) is 28.8 Å². The van der Waals surface area contributed by atoms with E-state index >= 15 is 0 Å². The molecule has 0 saturated heterocycles. The van der Waals surface area contributed by atoms with Crippen molar-refractivity contribution in [2.45, 2.75) is 13.5 Å². The minimum atomic E-state index is -0.397. The van der Waals surface area contributed by atoms with E-state index in [-0.39, 0.29) is 12.4 Å². The van der Waals surface area contributed by atoms with Gasteiger partial charge in [0.25, 0.3) is 0 Å². The highest BCUT2D eigenvalue weighted by Gasteiger charge is 2.26. The summed E-state index contributed by atoms with van der Waals surface area (Å²) in [6.07, 6.45) is 0. The second-order valence-electron chi connectivity index (χ2n) is 3.33. The van der Waals surface area contributed by atoms with Crippen LogP contribution in [0.25, 0.3) is 0 Å². The number of hydrogen-bond donors (Lipinski definition) is 0. The van der Waals surface area contributed by atoms with Crippen LogP contribution in [0.15, 0.2) is 12.1 Å². The molecule has 0 unspecified atom stereocenters. The molecular formula is C11H10O4. The Balaban J connectivity index is 2.65. The lowest BCUT2D eigenvalue weighted by molar-refractivity contribution is 0.0534. The van der Waals surface area contributed by atoms with Crippen LogP contribution >= 0.6 is 0 Å². The van der Waals surface area contributed by atoms with Crippen LogP contribution in [-0.4, -0.2) is 18.9 Å². The maximum Gasteiger partial charge on any atom is 0.339 e. The lowest BCUT2D eigenvalue weighted by Crippen LogP contribution is -2.01. The molecule has 1 aliphatic heterocycles. The van der Waals surface area contributed by atoms with E-state index in [0.29, 0.717) is 22.4 Å². The number of esters is 1. The molecule has 1 aromatic carbocycles. The topological polar surface area (TPSA) is 52.6 Å². The molecule has 0 aliphatic carbocycles. The lowest BCUT2D eigenvalue weighted by atomic mass is 10.00. The SMILES string of the molecule is COc1cc(C(C)=O)c2c(c1)C(=O)OC2. The third kappa shape index (κ3) is 1.48. The highest BCUT2D eigenvalue weighted by atomic mass is 16.5. The second kappa shape index (κ2) is 3.38. The Labute approximate surface area is 86.8 Å². The molecule has 0 saturated carbocycles. The highest BCUT2D eigenvalue weighted by Crippen LogP contribution is 2.28. The summed E-state index contributed by atoms with van der Waals surface area (Å²) in [6.45, 7) is 1.63. The first-order chi connectivity index (χ1) is 7.13. The average Bonchev–Trinajstić information content (AvgIpc) is 2.59. The van der Waals surface area contributed by atoms with Crippen molar-refractivity contribution in [1.29, 1.82) is 0 Å². The molecule has 1 aromatic rings. The predicted molar refractivity (Wildman–Crippen MR) is 52.1 cm³/mol. The van der Waals surface area contributed by atoms with Gasteiger partial charge in [0, 0.05) is 11.1 Å². The molecule has 15 heavy (non-hydrogen) atoms. The number of benzene rings is 1. The van der Waals surface area contributed by atoms with Gasteiger partial charge in [-0.1, -0.05) is 0 Å². The summed E-state index contributed by atoms with van der Waals surface area (Å²) in [5, 5.41) is 0. The van der Waals surface area contributed by atoms with Crippen molar-refractivity contribution < 1.29 is 19.1 Å². The minimum absolute atomic E-state index is 0.0940. The molecule has 0 atom stereocenters. The van der Waals surface area contributed by atoms with Gasteiger partial charge in [-0.2, -0.15) is 0 Å². The van der Waals surface area contributed by atoms with Crippen LogP contribution in [0.1, 0.15) is 33.2 Å². The first kappa shape index (κ1) is 9.71. The van der Waals surface area contributed by atoms with Gasteiger partial charge in [0.1, 0.15) is 12.4 Å². The maximum absolute atomic E-state index is 11.4. The van der Waals surface area contributed by atoms with Crippen LogP contribution in [0, 0.1) is 0 Å². The molecule has 1 heterocycles. The van der Waals surface area contributed by atoms with E-state index in [9.17, 15) is 9.59 Å². The number of hydrogen-bond acceptors (Lipinski definition) is 4. The van der Waals surface area contributed by atoms with E-state index in [0.717, 1.165) is 0 Å². The van der Waals surface area contributed by atoms with Crippen LogP contribution in [0.4, 0.5) is 0 Å². The third-order valence-corrected chi connectivity index (χ3v) is 2.41. The summed E-state index contributed by atoms with van der Waals surface area (Å²) in [5.41, 5.74) is 1.59. The number of ether oxygens (including phenoxy) is 2. The first-order valence-corrected chi connectivity index (χ1v) is 4.52. The third-order valence-electron chi connectivity index (χ3n) is 2.41. The Hall–Kier alpha value is -1.84. The Morgan fingerprint density at radius 2 is 2.20 bits per heavy atom. The van der Waals surface area contributed by atoms with Crippen molar-refractivity contribution in [2.24, 2.45) is 0 Å². The van der Waals surface area contributed by atoms with Gasteiger partial charge in [0.2, 0.25) is 0 Å². The smallest absolute Gasteiger partial charge is 0.339 e. The van der Waals surface area contributed by atoms with Crippen molar-refractivity contribution >= 4 is 11.8 Å². The first-order valence-electron chi connectivity index (χ1n) is 4.52. The van der Waals surface area contributed by atoms with Crippen molar-refractivity contribution in [3.8, 4) is 5.75 Å². The van der Waals surface area contributed by atoms with Crippen molar-refractivity contribution in [1.82, 2.24) is 0 Å². The van der Waals surface area contributed by atoms with Crippen LogP contribution in [0.5, 0.6) is 5.75 Å². The van der Waals surface area contributed by atoms with Gasteiger partial charge in [-0.05, 0) is 19.1 Å². The normalized spacial score (nSPS) is 13.3. The van der Waals surface area contributed by atoms with E-state index in [2.05, 4.69) is 0 Å². The fraction of sp³-hybridized carbons (Fsp3) is 0.273. The Bertz CT molecular complexity index is 448. The molecule has 0 spiro atoms. The van der Waals surface area contributed by atoms with Gasteiger partial charge in [-0.15, -0.1) is 0 Å². The number of fused-ring (bicyclic) bond motifs is 1. The van der Waals surface area contributed by atoms with Gasteiger partial charge in [0.05, 0.1) is 12.7 Å². The molecule has 0 radical (unpaired) electrons.